The molecule has 0 atom stereocenters. The number of benzene rings is 5. The van der Waals surface area contributed by atoms with E-state index in [9.17, 15) is 0 Å². The minimum Gasteiger partial charge on any atom is -0.293 e. The topological polar surface area (TPSA) is 44.5 Å². The maximum absolute atomic E-state index is 5.23. The molecule has 0 saturated carbocycles. The Morgan fingerprint density at radius 3 is 1.89 bits per heavy atom. The van der Waals surface area contributed by atoms with Gasteiger partial charge in [0.25, 0.3) is 0 Å². The zero-order chi connectivity index (χ0) is 30.5. The third-order valence-corrected chi connectivity index (χ3v) is 9.73. The third kappa shape index (κ3) is 3.56. The first kappa shape index (κ1) is 26.1. The van der Waals surface area contributed by atoms with Crippen LogP contribution in [0.4, 0.5) is 0 Å². The van der Waals surface area contributed by atoms with Gasteiger partial charge in [-0.1, -0.05) is 82.7 Å². The molecule has 0 radical (unpaired) electrons. The second-order valence-corrected chi connectivity index (χ2v) is 13.2. The highest BCUT2D eigenvalue weighted by Crippen LogP contribution is 2.44. The first-order chi connectivity index (χ1) is 22.7. The minimum atomic E-state index is 0.755. The fraction of sp³-hybridized carbons (Fsp3) is 0. The molecule has 46 heavy (non-hydrogen) atoms. The van der Waals surface area contributed by atoms with Crippen molar-refractivity contribution in [2.75, 3.05) is 0 Å². The summed E-state index contributed by atoms with van der Waals surface area (Å²) in [7, 11) is 0. The van der Waals surface area contributed by atoms with Gasteiger partial charge in [-0.05, 0) is 82.7 Å². The number of pyridine rings is 1. The lowest BCUT2D eigenvalue weighted by Gasteiger charge is -2.14. The molecule has 5 aromatic carbocycles. The average Bonchev–Trinajstić information content (AvgIpc) is 3.80. The van der Waals surface area contributed by atoms with Gasteiger partial charge in [-0.15, -0.1) is 0 Å². The Bertz CT molecular complexity index is 2640. The summed E-state index contributed by atoms with van der Waals surface area (Å²) >= 11 is 7.49. The van der Waals surface area contributed by atoms with Crippen LogP contribution in [-0.2, 0) is 0 Å². The van der Waals surface area contributed by atoms with E-state index >= 15 is 0 Å². The Labute approximate surface area is 279 Å². The predicted molar refractivity (Wildman–Crippen MR) is 193 cm³/mol. The zero-order valence-electron chi connectivity index (χ0n) is 24.1. The van der Waals surface area contributed by atoms with Gasteiger partial charge in [-0.2, -0.15) is 0 Å². The standard InChI is InChI=1S/C38H22Br2N6/c39-24-20-28(41-33(40)21-24)35-36-31(45-29-17-9-7-11-23(29)19-34(45)43(36)25-12-3-1-4-13-25)22-32-37(35)44(26-14-5-2-6-15-26)38-42-27-16-8-10-18-30(27)46(32)38/h1-22H. The highest BCUT2D eigenvalue weighted by molar-refractivity contribution is 9.11. The molecule has 0 bridgehead atoms. The summed E-state index contributed by atoms with van der Waals surface area (Å²) < 4.78 is 11.0. The summed E-state index contributed by atoms with van der Waals surface area (Å²) in [4.78, 5) is 10.4. The van der Waals surface area contributed by atoms with Gasteiger partial charge in [0.05, 0.1) is 49.9 Å². The Hall–Kier alpha value is -5.18. The quantitative estimate of drug-likeness (QED) is 0.171. The predicted octanol–water partition coefficient (Wildman–Crippen LogP) is 10.4. The first-order valence-corrected chi connectivity index (χ1v) is 16.6. The fourth-order valence-corrected chi connectivity index (χ4v) is 8.28. The van der Waals surface area contributed by atoms with E-state index in [4.69, 9.17) is 9.97 Å². The number of para-hydroxylation sites is 5. The summed E-state index contributed by atoms with van der Waals surface area (Å²) in [5.41, 5.74) is 12.5. The molecule has 0 saturated heterocycles. The van der Waals surface area contributed by atoms with Crippen molar-refractivity contribution in [2.45, 2.75) is 0 Å². The van der Waals surface area contributed by atoms with Crippen molar-refractivity contribution in [1.29, 1.82) is 0 Å². The van der Waals surface area contributed by atoms with E-state index in [1.165, 1.54) is 5.39 Å². The maximum atomic E-state index is 5.23. The number of fused-ring (bicyclic) bond motifs is 10. The smallest absolute Gasteiger partial charge is 0.220 e. The van der Waals surface area contributed by atoms with Crippen molar-refractivity contribution in [1.82, 2.24) is 27.9 Å². The number of imidazole rings is 3. The van der Waals surface area contributed by atoms with Gasteiger partial charge in [-0.3, -0.25) is 17.9 Å². The van der Waals surface area contributed by atoms with E-state index in [-0.39, 0.29) is 0 Å². The van der Waals surface area contributed by atoms with Crippen molar-refractivity contribution in [3.8, 4) is 22.6 Å². The molecular formula is C38H22Br2N6. The van der Waals surface area contributed by atoms with Gasteiger partial charge in [0.2, 0.25) is 5.78 Å². The summed E-state index contributed by atoms with van der Waals surface area (Å²) in [6, 6.07) is 46.8. The second-order valence-electron chi connectivity index (χ2n) is 11.5. The largest absolute Gasteiger partial charge is 0.293 e. The van der Waals surface area contributed by atoms with E-state index < -0.39 is 0 Å². The second kappa shape index (κ2) is 9.66. The monoisotopic (exact) mass is 720 g/mol. The van der Waals surface area contributed by atoms with Crippen LogP contribution in [0.5, 0.6) is 0 Å². The highest BCUT2D eigenvalue weighted by atomic mass is 79.9. The van der Waals surface area contributed by atoms with E-state index in [0.29, 0.717) is 0 Å². The lowest BCUT2D eigenvalue weighted by atomic mass is 10.1. The van der Waals surface area contributed by atoms with E-state index in [1.54, 1.807) is 0 Å². The van der Waals surface area contributed by atoms with Gasteiger partial charge < -0.3 is 0 Å². The van der Waals surface area contributed by atoms with Crippen LogP contribution in [0.3, 0.4) is 0 Å². The molecule has 0 amide bonds. The molecule has 218 valence electrons. The van der Waals surface area contributed by atoms with Crippen LogP contribution < -0.4 is 0 Å². The number of hydrogen-bond acceptors (Lipinski definition) is 2. The van der Waals surface area contributed by atoms with Crippen molar-refractivity contribution in [3.05, 3.63) is 143 Å². The molecule has 0 aliphatic heterocycles. The van der Waals surface area contributed by atoms with Crippen LogP contribution >= 0.6 is 31.9 Å². The fourth-order valence-electron chi connectivity index (χ4n) is 7.10. The van der Waals surface area contributed by atoms with Crippen LogP contribution in [0.25, 0.3) is 78.1 Å². The number of rotatable bonds is 3. The number of aromatic nitrogens is 6. The zero-order valence-corrected chi connectivity index (χ0v) is 27.3. The number of hydrogen-bond donors (Lipinski definition) is 0. The van der Waals surface area contributed by atoms with Crippen molar-refractivity contribution in [2.24, 2.45) is 0 Å². The van der Waals surface area contributed by atoms with Gasteiger partial charge in [0.1, 0.15) is 10.3 Å². The van der Waals surface area contributed by atoms with Crippen molar-refractivity contribution < 1.29 is 0 Å². The molecule has 0 unspecified atom stereocenters. The van der Waals surface area contributed by atoms with Crippen LogP contribution in [0.15, 0.2) is 143 Å². The first-order valence-electron chi connectivity index (χ1n) is 15.0. The molecule has 0 aliphatic carbocycles. The molecule has 0 spiro atoms. The van der Waals surface area contributed by atoms with Gasteiger partial charge in [0.15, 0.2) is 0 Å². The van der Waals surface area contributed by atoms with Gasteiger partial charge >= 0.3 is 0 Å². The molecule has 10 rings (SSSR count). The number of halogens is 2. The third-order valence-electron chi connectivity index (χ3n) is 8.87. The van der Waals surface area contributed by atoms with Crippen LogP contribution in [0, 0.1) is 0 Å². The summed E-state index contributed by atoms with van der Waals surface area (Å²) in [5.74, 6) is 0.852. The van der Waals surface area contributed by atoms with E-state index in [1.807, 2.05) is 12.1 Å². The Kier molecular flexibility index (Phi) is 5.48. The summed E-state index contributed by atoms with van der Waals surface area (Å²) in [6.45, 7) is 0. The van der Waals surface area contributed by atoms with Crippen LogP contribution in [0.1, 0.15) is 0 Å². The molecule has 0 fully saturated rings. The van der Waals surface area contributed by atoms with Crippen LogP contribution in [0.2, 0.25) is 0 Å². The molecule has 5 heterocycles. The molecule has 0 N–H and O–H groups in total. The normalized spacial score (nSPS) is 12.1. The summed E-state index contributed by atoms with van der Waals surface area (Å²) in [6.07, 6.45) is 0. The van der Waals surface area contributed by atoms with Crippen molar-refractivity contribution in [3.63, 3.8) is 0 Å². The molecule has 10 aromatic rings. The minimum absolute atomic E-state index is 0.755. The summed E-state index contributed by atoms with van der Waals surface area (Å²) in [5, 5.41) is 1.19. The Morgan fingerprint density at radius 1 is 0.500 bits per heavy atom. The molecule has 6 nitrogen and oxygen atoms in total. The average molecular weight is 722 g/mol. The maximum Gasteiger partial charge on any atom is 0.220 e. The SMILES string of the molecule is Brc1cc(Br)nc(-c2c3c(cc4c2n(-c2ccccc2)c2nc5ccccc5n42)n2c4ccccc4cc2n3-c2ccccc2)c1. The Morgan fingerprint density at radius 2 is 1.13 bits per heavy atom. The molecule has 0 aliphatic rings. The van der Waals surface area contributed by atoms with Crippen LogP contribution in [-0.4, -0.2) is 27.9 Å². The lowest BCUT2D eigenvalue weighted by molar-refractivity contribution is 1.11. The van der Waals surface area contributed by atoms with E-state index in [2.05, 4.69) is 171 Å². The van der Waals surface area contributed by atoms with E-state index in [0.717, 1.165) is 81.7 Å². The van der Waals surface area contributed by atoms with Crippen molar-refractivity contribution >= 4 is 87.3 Å². The number of nitrogens with zero attached hydrogens (tertiary/aromatic N) is 6. The Balaban J connectivity index is 1.56. The molecule has 5 aromatic heterocycles. The molecular weight excluding hydrogens is 700 g/mol. The molecule has 8 heteroatoms. The lowest BCUT2D eigenvalue weighted by Crippen LogP contribution is -2.00. The van der Waals surface area contributed by atoms with Gasteiger partial charge in [-0.25, -0.2) is 9.97 Å². The van der Waals surface area contributed by atoms with Gasteiger partial charge in [0, 0.05) is 21.2 Å². The highest BCUT2D eigenvalue weighted by Gasteiger charge is 2.28.